The molecular weight excluding hydrogens is 230 g/mol. The molecule has 0 bridgehead atoms. The molecule has 1 saturated heterocycles. The summed E-state index contributed by atoms with van der Waals surface area (Å²) in [6.45, 7) is 3.07. The Balaban J connectivity index is 1.54. The average Bonchev–Trinajstić information content (AvgIpc) is 3.21. The average molecular weight is 253 g/mol. The number of rotatable bonds is 6. The Morgan fingerprint density at radius 1 is 1.06 bits per heavy atom. The Bertz CT molecular complexity index is 297. The van der Waals surface area contributed by atoms with Gasteiger partial charge in [-0.25, -0.2) is 0 Å². The van der Waals surface area contributed by atoms with Crippen molar-refractivity contribution in [2.75, 3.05) is 32.7 Å². The van der Waals surface area contributed by atoms with Crippen LogP contribution in [0, 0.1) is 5.92 Å². The maximum Gasteiger partial charge on any atom is 0.241 e. The number of carbonyl (C=O) groups excluding carboxylic acids is 2. The van der Waals surface area contributed by atoms with Crippen LogP contribution >= 0.6 is 0 Å². The Morgan fingerprint density at radius 3 is 2.44 bits per heavy atom. The second-order valence-electron chi connectivity index (χ2n) is 5.29. The molecule has 5 heteroatoms. The number of hydrogen-bond donors (Lipinski definition) is 2. The second kappa shape index (κ2) is 6.73. The summed E-state index contributed by atoms with van der Waals surface area (Å²) in [6, 6.07) is 0. The van der Waals surface area contributed by atoms with Gasteiger partial charge in [0.1, 0.15) is 0 Å². The minimum Gasteiger partial charge on any atom is -0.346 e. The minimum absolute atomic E-state index is 0.0465. The maximum atomic E-state index is 11.8. The van der Waals surface area contributed by atoms with Gasteiger partial charge in [0.05, 0.1) is 13.1 Å². The summed E-state index contributed by atoms with van der Waals surface area (Å²) in [5, 5.41) is 5.79. The molecule has 2 amide bonds. The van der Waals surface area contributed by atoms with Gasteiger partial charge in [-0.2, -0.15) is 0 Å². The van der Waals surface area contributed by atoms with Crippen molar-refractivity contribution in [3.05, 3.63) is 0 Å². The maximum absolute atomic E-state index is 11.8. The van der Waals surface area contributed by atoms with Crippen LogP contribution in [-0.2, 0) is 9.59 Å². The molecule has 0 aromatic heterocycles. The molecule has 1 aliphatic heterocycles. The first-order chi connectivity index (χ1) is 8.75. The van der Waals surface area contributed by atoms with Crippen molar-refractivity contribution in [2.24, 2.45) is 5.92 Å². The fraction of sp³-hybridized carbons (Fsp3) is 0.846. The van der Waals surface area contributed by atoms with Gasteiger partial charge in [0.25, 0.3) is 0 Å². The first-order valence-electron chi connectivity index (χ1n) is 7.01. The number of hydrogen-bond acceptors (Lipinski definition) is 3. The number of nitrogens with zero attached hydrogens (tertiary/aromatic N) is 1. The molecule has 0 atom stereocenters. The van der Waals surface area contributed by atoms with E-state index in [1.54, 1.807) is 0 Å². The standard InChI is InChI=1S/C13H23N3O2/c17-12(9-14-8-11-4-5-11)15-10-13(18)16-6-2-1-3-7-16/h11,14H,1-10H2,(H,15,17). The molecule has 2 fully saturated rings. The van der Waals surface area contributed by atoms with Crippen molar-refractivity contribution in [1.29, 1.82) is 0 Å². The molecule has 0 spiro atoms. The number of piperidine rings is 1. The zero-order valence-electron chi connectivity index (χ0n) is 10.9. The highest BCUT2D eigenvalue weighted by atomic mass is 16.2. The second-order valence-corrected chi connectivity index (χ2v) is 5.29. The van der Waals surface area contributed by atoms with Gasteiger partial charge in [-0.05, 0) is 44.6 Å². The Hall–Kier alpha value is -1.10. The van der Waals surface area contributed by atoms with E-state index >= 15 is 0 Å². The van der Waals surface area contributed by atoms with Crippen LogP contribution in [0.1, 0.15) is 32.1 Å². The lowest BCUT2D eigenvalue weighted by Crippen LogP contribution is -2.44. The van der Waals surface area contributed by atoms with Crippen molar-refractivity contribution in [2.45, 2.75) is 32.1 Å². The van der Waals surface area contributed by atoms with E-state index in [1.165, 1.54) is 19.3 Å². The van der Waals surface area contributed by atoms with Crippen molar-refractivity contribution in [3.8, 4) is 0 Å². The zero-order valence-corrected chi connectivity index (χ0v) is 10.9. The van der Waals surface area contributed by atoms with Gasteiger partial charge in [0, 0.05) is 13.1 Å². The quantitative estimate of drug-likeness (QED) is 0.706. The van der Waals surface area contributed by atoms with Crippen LogP contribution in [0.3, 0.4) is 0 Å². The number of nitrogens with one attached hydrogen (secondary N) is 2. The number of likely N-dealkylation sites (tertiary alicyclic amines) is 1. The lowest BCUT2D eigenvalue weighted by molar-refractivity contribution is -0.133. The van der Waals surface area contributed by atoms with E-state index in [9.17, 15) is 9.59 Å². The summed E-state index contributed by atoms with van der Waals surface area (Å²) >= 11 is 0. The first kappa shape index (κ1) is 13.3. The molecule has 1 heterocycles. The van der Waals surface area contributed by atoms with Gasteiger partial charge < -0.3 is 15.5 Å². The molecule has 2 rings (SSSR count). The molecule has 0 aromatic carbocycles. The van der Waals surface area contributed by atoms with Crippen LogP contribution in [-0.4, -0.2) is 49.4 Å². The van der Waals surface area contributed by atoms with Crippen molar-refractivity contribution in [1.82, 2.24) is 15.5 Å². The van der Waals surface area contributed by atoms with Crippen molar-refractivity contribution in [3.63, 3.8) is 0 Å². The topological polar surface area (TPSA) is 61.4 Å². The molecule has 2 aliphatic rings. The monoisotopic (exact) mass is 253 g/mol. The lowest BCUT2D eigenvalue weighted by Gasteiger charge is -2.26. The predicted molar refractivity (Wildman–Crippen MR) is 69.0 cm³/mol. The van der Waals surface area contributed by atoms with Gasteiger partial charge in [-0.3, -0.25) is 9.59 Å². The fourth-order valence-corrected chi connectivity index (χ4v) is 2.20. The van der Waals surface area contributed by atoms with Crippen molar-refractivity contribution >= 4 is 11.8 Å². The van der Waals surface area contributed by atoms with Crippen molar-refractivity contribution < 1.29 is 9.59 Å². The molecule has 102 valence electrons. The third-order valence-corrected chi connectivity index (χ3v) is 3.56. The molecule has 1 saturated carbocycles. The van der Waals surface area contributed by atoms with Crippen LogP contribution < -0.4 is 10.6 Å². The van der Waals surface area contributed by atoms with Gasteiger partial charge in [-0.1, -0.05) is 0 Å². The summed E-state index contributed by atoms with van der Waals surface area (Å²) in [5.74, 6) is 0.735. The zero-order chi connectivity index (χ0) is 12.8. The number of carbonyl (C=O) groups is 2. The fourth-order valence-electron chi connectivity index (χ4n) is 2.20. The summed E-state index contributed by atoms with van der Waals surface area (Å²) in [7, 11) is 0. The highest BCUT2D eigenvalue weighted by Crippen LogP contribution is 2.27. The predicted octanol–water partition coefficient (Wildman–Crippen LogP) is 0.115. The van der Waals surface area contributed by atoms with E-state index in [4.69, 9.17) is 0 Å². The number of amides is 2. The molecule has 18 heavy (non-hydrogen) atoms. The van der Waals surface area contributed by atoms with Crippen LogP contribution in [0.15, 0.2) is 0 Å². The van der Waals surface area contributed by atoms with E-state index in [1.807, 2.05) is 4.90 Å². The SMILES string of the molecule is O=C(CNCC1CC1)NCC(=O)N1CCCCC1. The smallest absolute Gasteiger partial charge is 0.241 e. The van der Waals surface area contributed by atoms with Gasteiger partial charge in [0.2, 0.25) is 11.8 Å². The van der Waals surface area contributed by atoms with E-state index in [0.717, 1.165) is 38.4 Å². The van der Waals surface area contributed by atoms with Gasteiger partial charge in [0.15, 0.2) is 0 Å². The summed E-state index contributed by atoms with van der Waals surface area (Å²) in [5.41, 5.74) is 0. The summed E-state index contributed by atoms with van der Waals surface area (Å²) in [6.07, 6.45) is 5.94. The third-order valence-electron chi connectivity index (χ3n) is 3.56. The summed E-state index contributed by atoms with van der Waals surface area (Å²) < 4.78 is 0. The van der Waals surface area contributed by atoms with E-state index in [-0.39, 0.29) is 18.4 Å². The highest BCUT2D eigenvalue weighted by molar-refractivity contribution is 5.85. The Labute approximate surface area is 108 Å². The molecule has 1 aliphatic carbocycles. The minimum atomic E-state index is -0.0824. The molecule has 0 unspecified atom stereocenters. The van der Waals surface area contributed by atoms with Gasteiger partial charge >= 0.3 is 0 Å². The third kappa shape index (κ3) is 4.64. The first-order valence-corrected chi connectivity index (χ1v) is 7.01. The largest absolute Gasteiger partial charge is 0.346 e. The van der Waals surface area contributed by atoms with E-state index in [2.05, 4.69) is 10.6 Å². The van der Waals surface area contributed by atoms with Crippen LogP contribution in [0.25, 0.3) is 0 Å². The van der Waals surface area contributed by atoms with E-state index in [0.29, 0.717) is 6.54 Å². The normalized spacial score (nSPS) is 19.7. The van der Waals surface area contributed by atoms with E-state index < -0.39 is 0 Å². The Morgan fingerprint density at radius 2 is 1.78 bits per heavy atom. The summed E-state index contributed by atoms with van der Waals surface area (Å²) in [4.78, 5) is 25.1. The van der Waals surface area contributed by atoms with Gasteiger partial charge in [-0.15, -0.1) is 0 Å². The molecule has 0 radical (unpaired) electrons. The molecule has 0 aromatic rings. The lowest BCUT2D eigenvalue weighted by atomic mass is 10.1. The van der Waals surface area contributed by atoms with Crippen LogP contribution in [0.4, 0.5) is 0 Å². The molecule has 5 nitrogen and oxygen atoms in total. The highest BCUT2D eigenvalue weighted by Gasteiger charge is 2.21. The molecular formula is C13H23N3O2. The van der Waals surface area contributed by atoms with Crippen LogP contribution in [0.2, 0.25) is 0 Å². The Kier molecular flexibility index (Phi) is 4.99. The molecule has 2 N–H and O–H groups in total. The van der Waals surface area contributed by atoms with Crippen LogP contribution in [0.5, 0.6) is 0 Å².